The van der Waals surface area contributed by atoms with Crippen molar-refractivity contribution in [1.82, 2.24) is 18.7 Å². The molecule has 1 unspecified atom stereocenters. The molecule has 2 aromatic heterocycles. The van der Waals surface area contributed by atoms with E-state index in [4.69, 9.17) is 4.74 Å². The first-order chi connectivity index (χ1) is 13.5. The average Bonchev–Trinajstić information content (AvgIpc) is 3.26. The second kappa shape index (κ2) is 6.56. The zero-order valence-electron chi connectivity index (χ0n) is 16.0. The Labute approximate surface area is 165 Å². The number of rotatable bonds is 3. The maximum absolute atomic E-state index is 13.2. The number of aryl methyl sites for hydroxylation is 1. The second-order valence-electron chi connectivity index (χ2n) is 7.43. The third kappa shape index (κ3) is 2.70. The zero-order chi connectivity index (χ0) is 19.4. The van der Waals surface area contributed by atoms with Crippen LogP contribution in [0, 0.1) is 0 Å². The molecule has 0 radical (unpaired) electrons. The highest BCUT2D eigenvalue weighted by Gasteiger charge is 2.26. The van der Waals surface area contributed by atoms with Crippen molar-refractivity contribution in [2.45, 2.75) is 25.9 Å². The van der Waals surface area contributed by atoms with Crippen LogP contribution in [-0.4, -0.2) is 42.3 Å². The van der Waals surface area contributed by atoms with Crippen molar-refractivity contribution in [3.63, 3.8) is 0 Å². The molecule has 0 saturated carbocycles. The molecule has 0 N–H and O–H groups in total. The summed E-state index contributed by atoms with van der Waals surface area (Å²) in [4.78, 5) is 13.2. The van der Waals surface area contributed by atoms with Crippen LogP contribution in [0.2, 0.25) is 0 Å². The predicted molar refractivity (Wildman–Crippen MR) is 108 cm³/mol. The summed E-state index contributed by atoms with van der Waals surface area (Å²) in [7, 11) is 0.904. The van der Waals surface area contributed by atoms with Crippen molar-refractivity contribution in [2.75, 3.05) is 19.4 Å². The van der Waals surface area contributed by atoms with Crippen molar-refractivity contribution in [3.05, 3.63) is 57.1 Å². The molecule has 146 valence electrons. The van der Waals surface area contributed by atoms with Crippen molar-refractivity contribution >= 4 is 21.9 Å². The molecule has 0 fully saturated rings. The quantitative estimate of drug-likeness (QED) is 0.668. The van der Waals surface area contributed by atoms with Crippen molar-refractivity contribution in [3.8, 4) is 5.75 Å². The molecular formula is C20H22N4O3S. The van der Waals surface area contributed by atoms with E-state index in [2.05, 4.69) is 11.2 Å². The minimum absolute atomic E-state index is 0.0877. The first-order valence-electron chi connectivity index (χ1n) is 9.42. The van der Waals surface area contributed by atoms with Gasteiger partial charge in [0, 0.05) is 37.3 Å². The van der Waals surface area contributed by atoms with Gasteiger partial charge >= 0.3 is 0 Å². The van der Waals surface area contributed by atoms with E-state index in [1.54, 1.807) is 6.26 Å². The minimum atomic E-state index is -1.01. The summed E-state index contributed by atoms with van der Waals surface area (Å²) < 4.78 is 22.9. The molecule has 0 amide bonds. The molecule has 8 heteroatoms. The Morgan fingerprint density at radius 3 is 2.96 bits per heavy atom. The van der Waals surface area contributed by atoms with Crippen LogP contribution in [0.4, 0.5) is 0 Å². The first kappa shape index (κ1) is 17.6. The van der Waals surface area contributed by atoms with E-state index in [0.29, 0.717) is 18.6 Å². The number of nitrogens with zero attached hydrogens (tertiary/aromatic N) is 4. The van der Waals surface area contributed by atoms with Crippen LogP contribution in [-0.2, 0) is 44.0 Å². The van der Waals surface area contributed by atoms with Gasteiger partial charge in [0.15, 0.2) is 0 Å². The van der Waals surface area contributed by atoms with E-state index in [1.165, 1.54) is 10.2 Å². The van der Waals surface area contributed by atoms with Crippen LogP contribution in [0.15, 0.2) is 29.2 Å². The van der Waals surface area contributed by atoms with Gasteiger partial charge in [-0.15, -0.1) is 0 Å². The molecule has 2 aliphatic rings. The Bertz CT molecular complexity index is 1180. The van der Waals surface area contributed by atoms with Gasteiger partial charge in [0.05, 0.1) is 36.9 Å². The highest BCUT2D eigenvalue weighted by atomic mass is 32.2. The fraction of sp³-hybridized carbons (Fsp3) is 0.400. The molecule has 1 aromatic carbocycles. The number of hydrogen-bond acceptors (Lipinski definition) is 4. The van der Waals surface area contributed by atoms with E-state index in [9.17, 15) is 9.00 Å². The lowest BCUT2D eigenvalue weighted by Gasteiger charge is -2.25. The lowest BCUT2D eigenvalue weighted by Crippen LogP contribution is -2.32. The Hall–Kier alpha value is -2.45. The second-order valence-corrected chi connectivity index (χ2v) is 8.80. The molecule has 2 aliphatic heterocycles. The first-order valence-corrected chi connectivity index (χ1v) is 10.9. The van der Waals surface area contributed by atoms with Crippen molar-refractivity contribution in [1.29, 1.82) is 0 Å². The van der Waals surface area contributed by atoms with E-state index in [1.807, 2.05) is 34.2 Å². The number of hydrogen-bond donors (Lipinski definition) is 0. The summed E-state index contributed by atoms with van der Waals surface area (Å²) in [6, 6.07) is 6.07. The lowest BCUT2D eigenvalue weighted by molar-refractivity contribution is 0.357. The Morgan fingerprint density at radius 2 is 2.14 bits per heavy atom. The third-order valence-corrected chi connectivity index (χ3v) is 6.86. The molecule has 4 heterocycles. The topological polar surface area (TPSA) is 69.4 Å². The van der Waals surface area contributed by atoms with Crippen LogP contribution in [0.1, 0.15) is 22.4 Å². The molecule has 7 nitrogen and oxygen atoms in total. The maximum Gasteiger partial charge on any atom is 0.291 e. The third-order valence-electron chi connectivity index (χ3n) is 5.82. The largest absolute Gasteiger partial charge is 0.493 e. The molecule has 0 bridgehead atoms. The fourth-order valence-electron chi connectivity index (χ4n) is 4.32. The Morgan fingerprint density at radius 1 is 1.29 bits per heavy atom. The molecule has 0 spiro atoms. The number of benzene rings is 1. The summed E-state index contributed by atoms with van der Waals surface area (Å²) in [5, 5.41) is 5.38. The summed E-state index contributed by atoms with van der Waals surface area (Å²) in [6.07, 6.45) is 5.20. The van der Waals surface area contributed by atoms with Gasteiger partial charge in [-0.2, -0.15) is 5.10 Å². The molecule has 0 aliphatic carbocycles. The lowest BCUT2D eigenvalue weighted by atomic mass is 10.1. The van der Waals surface area contributed by atoms with Crippen LogP contribution in [0.3, 0.4) is 0 Å². The molecule has 3 aromatic rings. The number of aromatic nitrogens is 3. The van der Waals surface area contributed by atoms with Gasteiger partial charge in [-0.05, 0) is 29.2 Å². The SMILES string of the molecule is Cn1c2c(c3cnn(Cc4ccc5c(c4)CCO5)c(=O)c31)CCN(S(C)=O)C2. The normalized spacial score (nSPS) is 17.4. The van der Waals surface area contributed by atoms with Crippen LogP contribution in [0.25, 0.3) is 10.9 Å². The predicted octanol–water partition coefficient (Wildman–Crippen LogP) is 1.37. The fourth-order valence-corrected chi connectivity index (χ4v) is 4.98. The highest BCUT2D eigenvalue weighted by Crippen LogP contribution is 2.29. The van der Waals surface area contributed by atoms with Gasteiger partial charge in [0.1, 0.15) is 11.3 Å². The summed E-state index contributed by atoms with van der Waals surface area (Å²) in [5.74, 6) is 0.937. The van der Waals surface area contributed by atoms with E-state index in [0.717, 1.165) is 53.9 Å². The molecular weight excluding hydrogens is 376 g/mol. The van der Waals surface area contributed by atoms with Gasteiger partial charge in [-0.25, -0.2) is 13.2 Å². The Kier molecular flexibility index (Phi) is 4.13. The van der Waals surface area contributed by atoms with E-state index in [-0.39, 0.29) is 5.56 Å². The van der Waals surface area contributed by atoms with Gasteiger partial charge < -0.3 is 9.30 Å². The highest BCUT2D eigenvalue weighted by molar-refractivity contribution is 7.81. The Balaban J connectivity index is 1.56. The molecule has 5 rings (SSSR count). The van der Waals surface area contributed by atoms with Crippen LogP contribution in [0.5, 0.6) is 5.75 Å². The van der Waals surface area contributed by atoms with Crippen molar-refractivity contribution in [2.24, 2.45) is 7.05 Å². The summed E-state index contributed by atoms with van der Waals surface area (Å²) >= 11 is 0. The van der Waals surface area contributed by atoms with Crippen LogP contribution >= 0.6 is 0 Å². The van der Waals surface area contributed by atoms with Gasteiger partial charge in [0.25, 0.3) is 5.56 Å². The smallest absolute Gasteiger partial charge is 0.291 e. The average molecular weight is 398 g/mol. The maximum atomic E-state index is 13.2. The van der Waals surface area contributed by atoms with Crippen LogP contribution < -0.4 is 10.3 Å². The number of ether oxygens (including phenoxy) is 1. The summed E-state index contributed by atoms with van der Waals surface area (Å²) in [5.41, 5.74) is 5.04. The van der Waals surface area contributed by atoms with Crippen molar-refractivity contribution < 1.29 is 8.95 Å². The molecule has 28 heavy (non-hydrogen) atoms. The van der Waals surface area contributed by atoms with Gasteiger partial charge in [-0.1, -0.05) is 12.1 Å². The zero-order valence-corrected chi connectivity index (χ0v) is 16.8. The van der Waals surface area contributed by atoms with Gasteiger partial charge in [0.2, 0.25) is 0 Å². The minimum Gasteiger partial charge on any atom is -0.493 e. The summed E-state index contributed by atoms with van der Waals surface area (Å²) in [6.45, 7) is 2.48. The molecule has 1 atom stereocenters. The molecule has 0 saturated heterocycles. The van der Waals surface area contributed by atoms with E-state index < -0.39 is 11.0 Å². The number of fused-ring (bicyclic) bond motifs is 4. The van der Waals surface area contributed by atoms with Gasteiger partial charge in [-0.3, -0.25) is 4.79 Å². The van der Waals surface area contributed by atoms with E-state index >= 15 is 0 Å². The standard InChI is InChI=1S/C20H22N4O3S/c1-22-17-12-23(28(2)26)7-5-15(17)16-10-21-24(20(25)19(16)22)11-13-3-4-18-14(9-13)6-8-27-18/h3-4,9-10H,5-8,11-12H2,1-2H3. The monoisotopic (exact) mass is 398 g/mol.